The lowest BCUT2D eigenvalue weighted by Gasteiger charge is -2.33. The van der Waals surface area contributed by atoms with E-state index in [1.807, 2.05) is 19.1 Å². The van der Waals surface area contributed by atoms with Gasteiger partial charge in [0.1, 0.15) is 4.90 Å². The number of rotatable bonds is 5. The lowest BCUT2D eigenvalue weighted by atomic mass is 10.1. The molecule has 0 atom stereocenters. The van der Waals surface area contributed by atoms with Gasteiger partial charge < -0.3 is 0 Å². The van der Waals surface area contributed by atoms with Gasteiger partial charge in [0.05, 0.1) is 11.9 Å². The second-order valence-electron chi connectivity index (χ2n) is 6.51. The first-order valence-electron chi connectivity index (χ1n) is 8.39. The van der Waals surface area contributed by atoms with E-state index in [0.717, 1.165) is 12.7 Å². The predicted octanol–water partition coefficient (Wildman–Crippen LogP) is 2.40. The number of piperazine rings is 1. The summed E-state index contributed by atoms with van der Waals surface area (Å²) in [6, 6.07) is 8.22. The summed E-state index contributed by atoms with van der Waals surface area (Å²) >= 11 is 0. The van der Waals surface area contributed by atoms with Crippen molar-refractivity contribution in [1.82, 2.24) is 19.0 Å². The van der Waals surface area contributed by atoms with Crippen molar-refractivity contribution in [2.45, 2.75) is 31.8 Å². The van der Waals surface area contributed by atoms with Crippen LogP contribution in [-0.2, 0) is 16.6 Å². The van der Waals surface area contributed by atoms with E-state index in [9.17, 15) is 17.2 Å². The first-order valence-corrected chi connectivity index (χ1v) is 9.83. The number of sulfonamides is 1. The van der Waals surface area contributed by atoms with Gasteiger partial charge in [-0.1, -0.05) is 29.8 Å². The molecule has 1 saturated heterocycles. The molecule has 1 aromatic heterocycles. The van der Waals surface area contributed by atoms with Crippen molar-refractivity contribution >= 4 is 10.0 Å². The first-order chi connectivity index (χ1) is 12.3. The number of alkyl halides is 2. The Balaban J connectivity index is 1.67. The Morgan fingerprint density at radius 1 is 1.15 bits per heavy atom. The minimum Gasteiger partial charge on any atom is -0.296 e. The maximum atomic E-state index is 12.8. The number of benzene rings is 1. The molecule has 1 aliphatic rings. The largest absolute Gasteiger partial charge is 0.333 e. The fourth-order valence-corrected chi connectivity index (χ4v) is 4.73. The van der Waals surface area contributed by atoms with Crippen LogP contribution in [0.4, 0.5) is 8.78 Å². The van der Waals surface area contributed by atoms with Gasteiger partial charge >= 0.3 is 6.55 Å². The van der Waals surface area contributed by atoms with Gasteiger partial charge in [0.15, 0.2) is 0 Å². The summed E-state index contributed by atoms with van der Waals surface area (Å²) in [5.74, 6) is 0. The molecule has 6 nitrogen and oxygen atoms in total. The summed E-state index contributed by atoms with van der Waals surface area (Å²) in [4.78, 5) is 2.04. The number of aryl methyl sites for hydroxylation is 2. The zero-order valence-electron chi connectivity index (χ0n) is 14.8. The highest BCUT2D eigenvalue weighted by molar-refractivity contribution is 7.89. The van der Waals surface area contributed by atoms with E-state index in [-0.39, 0.29) is 10.6 Å². The van der Waals surface area contributed by atoms with Gasteiger partial charge in [-0.3, -0.25) is 4.90 Å². The average Bonchev–Trinajstić information content (AvgIpc) is 2.98. The molecule has 26 heavy (non-hydrogen) atoms. The van der Waals surface area contributed by atoms with Crippen LogP contribution in [-0.4, -0.2) is 53.6 Å². The van der Waals surface area contributed by atoms with E-state index in [1.165, 1.54) is 22.4 Å². The second-order valence-corrected chi connectivity index (χ2v) is 8.41. The van der Waals surface area contributed by atoms with Crippen LogP contribution < -0.4 is 0 Å². The van der Waals surface area contributed by atoms with E-state index < -0.39 is 16.6 Å². The zero-order valence-corrected chi connectivity index (χ0v) is 15.6. The van der Waals surface area contributed by atoms with Crippen molar-refractivity contribution in [3.8, 4) is 0 Å². The number of hydrogen-bond donors (Lipinski definition) is 0. The second kappa shape index (κ2) is 7.42. The van der Waals surface area contributed by atoms with E-state index in [4.69, 9.17) is 0 Å². The summed E-state index contributed by atoms with van der Waals surface area (Å²) in [5.41, 5.74) is 2.47. The Bertz CT molecular complexity index is 875. The number of halogens is 2. The molecule has 2 aromatic rings. The van der Waals surface area contributed by atoms with Crippen molar-refractivity contribution < 1.29 is 17.2 Å². The van der Waals surface area contributed by atoms with Crippen LogP contribution in [0.1, 0.15) is 23.4 Å². The Hall–Kier alpha value is -1.84. The summed E-state index contributed by atoms with van der Waals surface area (Å²) in [5, 5.41) is 3.60. The number of nitrogens with zero attached hydrogens (tertiary/aromatic N) is 4. The highest BCUT2D eigenvalue weighted by Gasteiger charge is 2.31. The van der Waals surface area contributed by atoms with Gasteiger partial charge in [-0.15, -0.1) is 0 Å². The fourth-order valence-electron chi connectivity index (χ4n) is 3.15. The van der Waals surface area contributed by atoms with Crippen LogP contribution in [0.25, 0.3) is 0 Å². The van der Waals surface area contributed by atoms with Gasteiger partial charge in [-0.05, 0) is 19.4 Å². The quantitative estimate of drug-likeness (QED) is 0.794. The summed E-state index contributed by atoms with van der Waals surface area (Å²) < 4.78 is 52.8. The van der Waals surface area contributed by atoms with Crippen LogP contribution in [0, 0.1) is 13.8 Å². The summed E-state index contributed by atoms with van der Waals surface area (Å²) in [6.45, 7) is 3.21. The standard InChI is InChI=1S/C17H22F2N4O2S/c1-13-4-3-5-15(10-13)11-21-6-8-22(9-7-21)26(24,25)16-12-23(17(18)19)20-14(16)2/h3-5,10,12,17H,6-9,11H2,1-2H3. The molecule has 0 bridgehead atoms. The van der Waals surface area contributed by atoms with Gasteiger partial charge in [0, 0.05) is 32.7 Å². The lowest BCUT2D eigenvalue weighted by molar-refractivity contribution is 0.0561. The zero-order chi connectivity index (χ0) is 18.9. The monoisotopic (exact) mass is 384 g/mol. The van der Waals surface area contributed by atoms with E-state index in [2.05, 4.69) is 22.1 Å². The molecule has 1 aromatic carbocycles. The molecule has 0 unspecified atom stereocenters. The third-order valence-electron chi connectivity index (χ3n) is 4.51. The summed E-state index contributed by atoms with van der Waals surface area (Å²) in [6.07, 6.45) is 0.911. The third kappa shape index (κ3) is 3.94. The van der Waals surface area contributed by atoms with Gasteiger partial charge in [-0.2, -0.15) is 18.2 Å². The number of aromatic nitrogens is 2. The van der Waals surface area contributed by atoms with Gasteiger partial charge in [0.25, 0.3) is 0 Å². The molecular formula is C17H22F2N4O2S. The Labute approximate surface area is 152 Å². The Kier molecular flexibility index (Phi) is 5.40. The minimum atomic E-state index is -3.82. The van der Waals surface area contributed by atoms with Gasteiger partial charge in [-0.25, -0.2) is 13.1 Å². The molecule has 0 aliphatic carbocycles. The van der Waals surface area contributed by atoms with Crippen molar-refractivity contribution in [1.29, 1.82) is 0 Å². The summed E-state index contributed by atoms with van der Waals surface area (Å²) in [7, 11) is -3.82. The smallest absolute Gasteiger partial charge is 0.296 e. The van der Waals surface area contributed by atoms with E-state index in [0.29, 0.717) is 30.9 Å². The molecule has 2 heterocycles. The Morgan fingerprint density at radius 3 is 2.42 bits per heavy atom. The normalized spacial score (nSPS) is 17.1. The SMILES string of the molecule is Cc1cccc(CN2CCN(S(=O)(=O)c3cn(C(F)F)nc3C)CC2)c1. The van der Waals surface area contributed by atoms with Crippen molar-refractivity contribution in [3.63, 3.8) is 0 Å². The molecule has 9 heteroatoms. The first kappa shape index (κ1) is 18.9. The molecule has 0 spiro atoms. The van der Waals surface area contributed by atoms with Gasteiger partial charge in [0.2, 0.25) is 10.0 Å². The van der Waals surface area contributed by atoms with Crippen LogP contribution in [0.2, 0.25) is 0 Å². The topological polar surface area (TPSA) is 58.4 Å². The molecule has 1 fully saturated rings. The predicted molar refractivity (Wildman–Crippen MR) is 93.4 cm³/mol. The van der Waals surface area contributed by atoms with Crippen molar-refractivity contribution in [2.24, 2.45) is 0 Å². The lowest BCUT2D eigenvalue weighted by Crippen LogP contribution is -2.48. The highest BCUT2D eigenvalue weighted by atomic mass is 32.2. The fraction of sp³-hybridized carbons (Fsp3) is 0.471. The van der Waals surface area contributed by atoms with Crippen LogP contribution in [0.5, 0.6) is 0 Å². The number of hydrogen-bond acceptors (Lipinski definition) is 4. The van der Waals surface area contributed by atoms with E-state index >= 15 is 0 Å². The van der Waals surface area contributed by atoms with E-state index in [1.54, 1.807) is 0 Å². The molecule has 0 radical (unpaired) electrons. The molecule has 0 N–H and O–H groups in total. The van der Waals surface area contributed by atoms with Crippen LogP contribution in [0.15, 0.2) is 35.4 Å². The molecule has 142 valence electrons. The van der Waals surface area contributed by atoms with Crippen molar-refractivity contribution in [3.05, 3.63) is 47.3 Å². The average molecular weight is 384 g/mol. The van der Waals surface area contributed by atoms with Crippen LogP contribution in [0.3, 0.4) is 0 Å². The third-order valence-corrected chi connectivity index (χ3v) is 6.51. The van der Waals surface area contributed by atoms with Crippen LogP contribution >= 0.6 is 0 Å². The molecular weight excluding hydrogens is 362 g/mol. The highest BCUT2D eigenvalue weighted by Crippen LogP contribution is 2.23. The maximum absolute atomic E-state index is 12.8. The Morgan fingerprint density at radius 2 is 1.85 bits per heavy atom. The van der Waals surface area contributed by atoms with Crippen molar-refractivity contribution in [2.75, 3.05) is 26.2 Å². The molecule has 0 amide bonds. The molecule has 0 saturated carbocycles. The molecule has 3 rings (SSSR count). The molecule has 1 aliphatic heterocycles. The minimum absolute atomic E-state index is 0.0903. The maximum Gasteiger partial charge on any atom is 0.333 e.